The van der Waals surface area contributed by atoms with Gasteiger partial charge in [0.1, 0.15) is 11.4 Å². The number of hydrogen-bond acceptors (Lipinski definition) is 5. The van der Waals surface area contributed by atoms with E-state index in [-0.39, 0.29) is 29.7 Å². The van der Waals surface area contributed by atoms with Crippen molar-refractivity contribution >= 4 is 37.6 Å². The number of sulfone groups is 1. The van der Waals surface area contributed by atoms with Crippen LogP contribution in [0, 0.1) is 0 Å². The molecule has 1 aliphatic heterocycles. The molecule has 0 aliphatic carbocycles. The van der Waals surface area contributed by atoms with Crippen LogP contribution in [0.3, 0.4) is 0 Å². The Kier molecular flexibility index (Phi) is 3.82. The van der Waals surface area contributed by atoms with Crippen molar-refractivity contribution < 1.29 is 18.3 Å². The maximum absolute atomic E-state index is 11.5. The second kappa shape index (κ2) is 5.09. The number of pyridine rings is 1. The average Bonchev–Trinajstić information content (AvgIpc) is 2.28. The van der Waals surface area contributed by atoms with Gasteiger partial charge < -0.3 is 10.0 Å². The Hall–Kier alpha value is -1.15. The van der Waals surface area contributed by atoms with Crippen molar-refractivity contribution in [3.63, 3.8) is 0 Å². The van der Waals surface area contributed by atoms with Crippen molar-refractivity contribution in [2.75, 3.05) is 23.0 Å². The first-order chi connectivity index (χ1) is 8.80. The molecule has 6 nitrogen and oxygen atoms in total. The van der Waals surface area contributed by atoms with Crippen molar-refractivity contribution in [1.29, 1.82) is 0 Å². The molecule has 1 N–H and O–H groups in total. The van der Waals surface area contributed by atoms with Gasteiger partial charge in [0.25, 0.3) is 0 Å². The molecule has 1 aromatic heterocycles. The van der Waals surface area contributed by atoms with Crippen molar-refractivity contribution in [2.24, 2.45) is 0 Å². The van der Waals surface area contributed by atoms with Gasteiger partial charge in [0.05, 0.1) is 11.5 Å². The van der Waals surface area contributed by atoms with Crippen LogP contribution in [-0.4, -0.2) is 48.6 Å². The first-order valence-electron chi connectivity index (χ1n) is 5.66. The Labute approximate surface area is 119 Å². The fourth-order valence-corrected chi connectivity index (χ4v) is 4.02. The average molecular weight is 349 g/mol. The first kappa shape index (κ1) is 14.3. The molecule has 1 aliphatic rings. The maximum Gasteiger partial charge on any atom is 0.339 e. The summed E-state index contributed by atoms with van der Waals surface area (Å²) < 4.78 is 23.7. The minimum atomic E-state index is -3.04. The molecule has 1 saturated heterocycles. The number of hydrogen-bond donors (Lipinski definition) is 1. The summed E-state index contributed by atoms with van der Waals surface area (Å²) in [6.45, 7) is 2.02. The summed E-state index contributed by atoms with van der Waals surface area (Å²) in [5.74, 6) is -0.722. The predicted molar refractivity (Wildman–Crippen MR) is 74.4 cm³/mol. The zero-order valence-electron chi connectivity index (χ0n) is 10.2. The van der Waals surface area contributed by atoms with Crippen molar-refractivity contribution in [2.45, 2.75) is 13.0 Å². The first-order valence-corrected chi connectivity index (χ1v) is 8.27. The zero-order chi connectivity index (χ0) is 14.2. The molecule has 0 spiro atoms. The van der Waals surface area contributed by atoms with Crippen LogP contribution in [-0.2, 0) is 9.84 Å². The smallest absolute Gasteiger partial charge is 0.339 e. The lowest BCUT2D eigenvalue weighted by Crippen LogP contribution is -2.47. The number of anilines is 1. The lowest BCUT2D eigenvalue weighted by molar-refractivity contribution is 0.0697. The van der Waals surface area contributed by atoms with Gasteiger partial charge >= 0.3 is 5.97 Å². The third-order valence-electron chi connectivity index (χ3n) is 3.01. The molecule has 1 fully saturated rings. The van der Waals surface area contributed by atoms with Crippen LogP contribution >= 0.6 is 15.9 Å². The fraction of sp³-hybridized carbons (Fsp3) is 0.455. The van der Waals surface area contributed by atoms with Gasteiger partial charge in [0, 0.05) is 23.3 Å². The molecule has 1 unspecified atom stereocenters. The highest BCUT2D eigenvalue weighted by Crippen LogP contribution is 2.25. The van der Waals surface area contributed by atoms with Crippen LogP contribution in [0.25, 0.3) is 0 Å². The lowest BCUT2D eigenvalue weighted by Gasteiger charge is -2.34. The lowest BCUT2D eigenvalue weighted by atomic mass is 10.2. The summed E-state index contributed by atoms with van der Waals surface area (Å²) in [5, 5.41) is 9.20. The number of aromatic carboxylic acids is 1. The van der Waals surface area contributed by atoms with Gasteiger partial charge in [0.2, 0.25) is 0 Å². The van der Waals surface area contributed by atoms with Crippen LogP contribution in [0.2, 0.25) is 0 Å². The molecule has 8 heteroatoms. The van der Waals surface area contributed by atoms with E-state index in [1.807, 2.05) is 0 Å². The predicted octanol–water partition coefficient (Wildman–Crippen LogP) is 1.17. The summed E-state index contributed by atoms with van der Waals surface area (Å²) in [5.41, 5.74) is 0.0699. The number of carboxylic acid groups (broad SMARTS) is 1. The summed E-state index contributed by atoms with van der Waals surface area (Å²) >= 11 is 3.18. The number of aromatic nitrogens is 1. The Morgan fingerprint density at radius 3 is 2.84 bits per heavy atom. The van der Waals surface area contributed by atoms with Crippen LogP contribution in [0.5, 0.6) is 0 Å². The van der Waals surface area contributed by atoms with Crippen molar-refractivity contribution in [1.82, 2.24) is 4.98 Å². The van der Waals surface area contributed by atoms with Crippen LogP contribution in [0.4, 0.5) is 5.82 Å². The maximum atomic E-state index is 11.5. The van der Waals surface area contributed by atoms with E-state index < -0.39 is 15.8 Å². The minimum absolute atomic E-state index is 0.0177. The van der Waals surface area contributed by atoms with Gasteiger partial charge in [-0.15, -0.1) is 0 Å². The highest BCUT2D eigenvalue weighted by molar-refractivity contribution is 9.10. The molecule has 0 saturated carbocycles. The fourth-order valence-electron chi connectivity index (χ4n) is 2.13. The van der Waals surface area contributed by atoms with Gasteiger partial charge in [-0.3, -0.25) is 0 Å². The molecule has 0 amide bonds. The second-order valence-electron chi connectivity index (χ2n) is 4.49. The Morgan fingerprint density at radius 1 is 1.58 bits per heavy atom. The van der Waals surface area contributed by atoms with E-state index in [1.165, 1.54) is 12.3 Å². The standard InChI is InChI=1S/C11H13BrN2O4S/c1-7-6-19(17,18)3-2-14(7)10-9(11(15)16)4-8(12)5-13-10/h4-5,7H,2-3,6H2,1H3,(H,15,16). The molecule has 0 radical (unpaired) electrons. The largest absolute Gasteiger partial charge is 0.478 e. The van der Waals surface area contributed by atoms with E-state index in [0.717, 1.165) is 0 Å². The molecule has 2 rings (SSSR count). The molecule has 1 atom stereocenters. The number of halogens is 1. The molecular formula is C11H13BrN2O4S. The monoisotopic (exact) mass is 348 g/mol. The van der Waals surface area contributed by atoms with E-state index >= 15 is 0 Å². The summed E-state index contributed by atoms with van der Waals surface area (Å²) in [6, 6.07) is 1.19. The molecule has 104 valence electrons. The number of carboxylic acids is 1. The van der Waals surface area contributed by atoms with E-state index in [2.05, 4.69) is 20.9 Å². The summed E-state index contributed by atoms with van der Waals surface area (Å²) in [4.78, 5) is 17.1. The Morgan fingerprint density at radius 2 is 2.26 bits per heavy atom. The van der Waals surface area contributed by atoms with Crippen molar-refractivity contribution in [3.8, 4) is 0 Å². The SMILES string of the molecule is CC1CS(=O)(=O)CCN1c1ncc(Br)cc1C(=O)O. The van der Waals surface area contributed by atoms with E-state index in [1.54, 1.807) is 11.8 Å². The molecule has 19 heavy (non-hydrogen) atoms. The Bertz CT molecular complexity index is 617. The van der Waals surface area contributed by atoms with Crippen LogP contribution < -0.4 is 4.90 Å². The van der Waals surface area contributed by atoms with Crippen molar-refractivity contribution in [3.05, 3.63) is 22.3 Å². The quantitative estimate of drug-likeness (QED) is 0.862. The van der Waals surface area contributed by atoms with Gasteiger partial charge in [-0.2, -0.15) is 0 Å². The number of carbonyl (C=O) groups is 1. The summed E-state index contributed by atoms with van der Waals surface area (Å²) in [7, 11) is -3.04. The highest BCUT2D eigenvalue weighted by atomic mass is 79.9. The van der Waals surface area contributed by atoms with Gasteiger partial charge in [0.15, 0.2) is 9.84 Å². The van der Waals surface area contributed by atoms with E-state index in [0.29, 0.717) is 10.3 Å². The molecular weight excluding hydrogens is 336 g/mol. The molecule has 2 heterocycles. The highest BCUT2D eigenvalue weighted by Gasteiger charge is 2.31. The van der Waals surface area contributed by atoms with E-state index in [9.17, 15) is 18.3 Å². The zero-order valence-corrected chi connectivity index (χ0v) is 12.6. The second-order valence-corrected chi connectivity index (χ2v) is 7.63. The number of rotatable bonds is 2. The van der Waals surface area contributed by atoms with Gasteiger partial charge in [-0.1, -0.05) is 0 Å². The number of nitrogens with zero attached hydrogens (tertiary/aromatic N) is 2. The Balaban J connectivity index is 2.40. The van der Waals surface area contributed by atoms with Crippen LogP contribution in [0.15, 0.2) is 16.7 Å². The van der Waals surface area contributed by atoms with Gasteiger partial charge in [-0.05, 0) is 28.9 Å². The molecule has 0 bridgehead atoms. The summed E-state index contributed by atoms with van der Waals surface area (Å²) in [6.07, 6.45) is 1.51. The third-order valence-corrected chi connectivity index (χ3v) is 5.23. The molecule has 1 aromatic rings. The van der Waals surface area contributed by atoms with Gasteiger partial charge in [-0.25, -0.2) is 18.2 Å². The van der Waals surface area contributed by atoms with E-state index in [4.69, 9.17) is 0 Å². The topological polar surface area (TPSA) is 87.6 Å². The third kappa shape index (κ3) is 3.06. The molecule has 0 aromatic carbocycles. The minimum Gasteiger partial charge on any atom is -0.478 e. The normalized spacial score (nSPS) is 22.2. The van der Waals surface area contributed by atoms with Crippen LogP contribution in [0.1, 0.15) is 17.3 Å².